The van der Waals surface area contributed by atoms with E-state index in [9.17, 15) is 19.4 Å². The SMILES string of the molecule is C[C@H]1O[C@@H](c2cccc(F)c2)C[C@@](O)(CNC(=O)c2cccnc2)[C@@H]1O. The first-order chi connectivity index (χ1) is 12.4. The third-order valence-electron chi connectivity index (χ3n) is 4.61. The van der Waals surface area contributed by atoms with E-state index in [1.807, 2.05) is 0 Å². The number of pyridine rings is 1. The molecule has 7 heteroatoms. The Morgan fingerprint density at radius 1 is 1.42 bits per heavy atom. The molecule has 0 spiro atoms. The lowest BCUT2D eigenvalue weighted by Gasteiger charge is -2.44. The summed E-state index contributed by atoms with van der Waals surface area (Å²) in [4.78, 5) is 16.1. The standard InChI is InChI=1S/C19H21FN2O4/c1-12-17(23)19(25,11-22-18(24)14-5-3-7-21-10-14)9-16(26-12)13-4-2-6-15(20)8-13/h2-8,10,12,16-17,23,25H,9,11H2,1H3,(H,22,24)/t12-,16-,17-,19-/m1/s1. The Morgan fingerprint density at radius 2 is 2.23 bits per heavy atom. The second-order valence-electron chi connectivity index (χ2n) is 6.56. The van der Waals surface area contributed by atoms with Gasteiger partial charge in [-0.05, 0) is 36.8 Å². The van der Waals surface area contributed by atoms with Crippen molar-refractivity contribution in [2.75, 3.05) is 6.54 Å². The summed E-state index contributed by atoms with van der Waals surface area (Å²) in [6.45, 7) is 1.46. The molecule has 0 aliphatic carbocycles. The number of amides is 1. The molecule has 3 rings (SSSR count). The summed E-state index contributed by atoms with van der Waals surface area (Å²) in [5.74, 6) is -0.807. The molecule has 2 heterocycles. The van der Waals surface area contributed by atoms with Gasteiger partial charge in [-0.25, -0.2) is 4.39 Å². The normalized spacial score (nSPS) is 28.5. The van der Waals surface area contributed by atoms with Crippen LogP contribution in [-0.2, 0) is 4.74 Å². The highest BCUT2D eigenvalue weighted by Gasteiger charge is 2.47. The van der Waals surface area contributed by atoms with Crippen LogP contribution in [0.2, 0.25) is 0 Å². The topological polar surface area (TPSA) is 91.7 Å². The summed E-state index contributed by atoms with van der Waals surface area (Å²) in [6.07, 6.45) is 0.522. The Kier molecular flexibility index (Phi) is 5.31. The minimum Gasteiger partial charge on any atom is -0.387 e. The zero-order valence-corrected chi connectivity index (χ0v) is 14.3. The van der Waals surface area contributed by atoms with E-state index in [1.54, 1.807) is 37.4 Å². The zero-order chi connectivity index (χ0) is 18.7. The Balaban J connectivity index is 1.74. The molecule has 0 radical (unpaired) electrons. The highest BCUT2D eigenvalue weighted by atomic mass is 19.1. The summed E-state index contributed by atoms with van der Waals surface area (Å²) >= 11 is 0. The Labute approximate surface area is 150 Å². The molecule has 1 aromatic carbocycles. The lowest BCUT2D eigenvalue weighted by atomic mass is 9.82. The number of aromatic nitrogens is 1. The predicted molar refractivity (Wildman–Crippen MR) is 91.8 cm³/mol. The number of nitrogens with one attached hydrogen (secondary N) is 1. The predicted octanol–water partition coefficient (Wildman–Crippen LogP) is 1.59. The minimum absolute atomic E-state index is 0.0231. The fraction of sp³-hybridized carbons (Fsp3) is 0.368. The molecule has 1 fully saturated rings. The number of halogens is 1. The Bertz CT molecular complexity index is 773. The van der Waals surface area contributed by atoms with Gasteiger partial charge in [0.1, 0.15) is 17.5 Å². The molecule has 1 amide bonds. The van der Waals surface area contributed by atoms with Gasteiger partial charge in [0.2, 0.25) is 0 Å². The number of nitrogens with zero attached hydrogens (tertiary/aromatic N) is 1. The van der Waals surface area contributed by atoms with Gasteiger partial charge in [0, 0.05) is 25.4 Å². The molecule has 1 aliphatic heterocycles. The largest absolute Gasteiger partial charge is 0.387 e. The summed E-state index contributed by atoms with van der Waals surface area (Å²) in [5.41, 5.74) is -0.680. The van der Waals surface area contributed by atoms with Crippen LogP contribution in [0.15, 0.2) is 48.8 Å². The van der Waals surface area contributed by atoms with Gasteiger partial charge in [0.25, 0.3) is 5.91 Å². The summed E-state index contributed by atoms with van der Waals surface area (Å²) in [7, 11) is 0. The van der Waals surface area contributed by atoms with E-state index in [-0.39, 0.29) is 13.0 Å². The number of hydrogen-bond donors (Lipinski definition) is 3. The molecule has 2 aromatic rings. The van der Waals surface area contributed by atoms with E-state index in [1.165, 1.54) is 18.3 Å². The molecule has 26 heavy (non-hydrogen) atoms. The summed E-state index contributed by atoms with van der Waals surface area (Å²) < 4.78 is 19.2. The van der Waals surface area contributed by atoms with Crippen molar-refractivity contribution in [2.45, 2.75) is 37.3 Å². The molecule has 1 aliphatic rings. The van der Waals surface area contributed by atoms with Crippen molar-refractivity contribution in [1.82, 2.24) is 10.3 Å². The molecule has 4 atom stereocenters. The maximum Gasteiger partial charge on any atom is 0.252 e. The van der Waals surface area contributed by atoms with E-state index >= 15 is 0 Å². The van der Waals surface area contributed by atoms with Crippen LogP contribution in [0.25, 0.3) is 0 Å². The van der Waals surface area contributed by atoms with Crippen molar-refractivity contribution < 1.29 is 24.1 Å². The van der Waals surface area contributed by atoms with Crippen molar-refractivity contribution in [1.29, 1.82) is 0 Å². The zero-order valence-electron chi connectivity index (χ0n) is 14.3. The van der Waals surface area contributed by atoms with Crippen molar-refractivity contribution in [3.63, 3.8) is 0 Å². The number of aliphatic hydroxyl groups excluding tert-OH is 1. The number of benzene rings is 1. The van der Waals surface area contributed by atoms with Gasteiger partial charge < -0.3 is 20.3 Å². The van der Waals surface area contributed by atoms with E-state index in [0.717, 1.165) is 0 Å². The molecule has 3 N–H and O–H groups in total. The monoisotopic (exact) mass is 360 g/mol. The average Bonchev–Trinajstić information content (AvgIpc) is 2.65. The van der Waals surface area contributed by atoms with Crippen molar-refractivity contribution in [3.8, 4) is 0 Å². The maximum absolute atomic E-state index is 13.5. The highest BCUT2D eigenvalue weighted by molar-refractivity contribution is 5.93. The third-order valence-corrected chi connectivity index (χ3v) is 4.61. The first-order valence-corrected chi connectivity index (χ1v) is 8.39. The average molecular weight is 360 g/mol. The van der Waals surface area contributed by atoms with Crippen LogP contribution in [0.5, 0.6) is 0 Å². The molecule has 6 nitrogen and oxygen atoms in total. The van der Waals surface area contributed by atoms with Crippen LogP contribution >= 0.6 is 0 Å². The molecule has 0 saturated carbocycles. The quantitative estimate of drug-likeness (QED) is 0.770. The van der Waals surface area contributed by atoms with Gasteiger partial charge in [-0.15, -0.1) is 0 Å². The van der Waals surface area contributed by atoms with Crippen LogP contribution in [-0.4, -0.2) is 45.5 Å². The minimum atomic E-state index is -1.60. The van der Waals surface area contributed by atoms with Gasteiger partial charge in [-0.3, -0.25) is 9.78 Å². The van der Waals surface area contributed by atoms with E-state index in [4.69, 9.17) is 4.74 Å². The first kappa shape index (κ1) is 18.4. The van der Waals surface area contributed by atoms with Crippen LogP contribution < -0.4 is 5.32 Å². The second kappa shape index (κ2) is 7.49. The van der Waals surface area contributed by atoms with Gasteiger partial charge in [0.15, 0.2) is 0 Å². The number of rotatable bonds is 4. The smallest absolute Gasteiger partial charge is 0.252 e. The number of aliphatic hydroxyl groups is 2. The van der Waals surface area contributed by atoms with Gasteiger partial charge in [-0.2, -0.15) is 0 Å². The number of hydrogen-bond acceptors (Lipinski definition) is 5. The van der Waals surface area contributed by atoms with Crippen LogP contribution in [0.3, 0.4) is 0 Å². The molecular weight excluding hydrogens is 339 g/mol. The fourth-order valence-electron chi connectivity index (χ4n) is 3.17. The fourth-order valence-corrected chi connectivity index (χ4v) is 3.17. The van der Waals surface area contributed by atoms with Crippen LogP contribution in [0.4, 0.5) is 4.39 Å². The molecule has 1 saturated heterocycles. The summed E-state index contributed by atoms with van der Waals surface area (Å²) in [5, 5.41) is 24.0. The van der Waals surface area contributed by atoms with Crippen LogP contribution in [0, 0.1) is 5.82 Å². The van der Waals surface area contributed by atoms with Crippen molar-refractivity contribution in [3.05, 3.63) is 65.7 Å². The molecule has 1 aromatic heterocycles. The molecule has 0 bridgehead atoms. The number of carbonyl (C=O) groups excluding carboxylic acids is 1. The maximum atomic E-state index is 13.5. The third kappa shape index (κ3) is 3.90. The van der Waals surface area contributed by atoms with Crippen LogP contribution in [0.1, 0.15) is 35.4 Å². The van der Waals surface area contributed by atoms with Gasteiger partial charge in [0.05, 0.1) is 17.8 Å². The Hall–Kier alpha value is -2.35. The molecule has 0 unspecified atom stereocenters. The lowest BCUT2D eigenvalue weighted by molar-refractivity contribution is -0.210. The molecule has 138 valence electrons. The highest BCUT2D eigenvalue weighted by Crippen LogP contribution is 2.37. The van der Waals surface area contributed by atoms with E-state index in [2.05, 4.69) is 10.3 Å². The first-order valence-electron chi connectivity index (χ1n) is 8.39. The van der Waals surface area contributed by atoms with Crippen molar-refractivity contribution >= 4 is 5.91 Å². The van der Waals surface area contributed by atoms with Crippen molar-refractivity contribution in [2.24, 2.45) is 0 Å². The van der Waals surface area contributed by atoms with E-state index < -0.39 is 35.6 Å². The number of ether oxygens (including phenoxy) is 1. The Morgan fingerprint density at radius 3 is 2.92 bits per heavy atom. The molecular formula is C19H21FN2O4. The second-order valence-corrected chi connectivity index (χ2v) is 6.56. The summed E-state index contributed by atoms with van der Waals surface area (Å²) in [6, 6.07) is 9.16. The van der Waals surface area contributed by atoms with E-state index in [0.29, 0.717) is 11.1 Å². The van der Waals surface area contributed by atoms with Gasteiger partial charge in [-0.1, -0.05) is 12.1 Å². The lowest BCUT2D eigenvalue weighted by Crippen LogP contribution is -2.59. The van der Waals surface area contributed by atoms with Gasteiger partial charge >= 0.3 is 0 Å². The number of carbonyl (C=O) groups is 1.